The molecule has 2 aromatic carbocycles. The standard InChI is InChI=1S/C22H27N5O2/c1-14-5-6-15(2)17(11-14)27-22-20(23)21(25-13-26-22)24-10-9-16-7-8-18(28-3)19(12-16)29-4/h5-8,11-13H,9-10,23H2,1-4H3,(H2,24,25,26,27). The normalized spacial score (nSPS) is 10.5. The molecule has 0 amide bonds. The number of rotatable bonds is 8. The van der Waals surface area contributed by atoms with Gasteiger partial charge in [0.05, 0.1) is 14.2 Å². The SMILES string of the molecule is COc1ccc(CCNc2ncnc(Nc3cc(C)ccc3C)c2N)cc1OC. The zero-order valence-corrected chi connectivity index (χ0v) is 17.2. The summed E-state index contributed by atoms with van der Waals surface area (Å²) in [6, 6.07) is 12.1. The van der Waals surface area contributed by atoms with E-state index in [1.807, 2.05) is 25.1 Å². The minimum absolute atomic E-state index is 0.487. The van der Waals surface area contributed by atoms with Gasteiger partial charge in [-0.05, 0) is 55.2 Å². The van der Waals surface area contributed by atoms with Gasteiger partial charge in [0.1, 0.15) is 12.0 Å². The highest BCUT2D eigenvalue weighted by atomic mass is 16.5. The van der Waals surface area contributed by atoms with Crippen molar-refractivity contribution in [1.29, 1.82) is 0 Å². The van der Waals surface area contributed by atoms with Crippen LogP contribution in [-0.2, 0) is 6.42 Å². The van der Waals surface area contributed by atoms with Gasteiger partial charge in [-0.25, -0.2) is 9.97 Å². The monoisotopic (exact) mass is 393 g/mol. The summed E-state index contributed by atoms with van der Waals surface area (Å²) in [5.41, 5.74) is 11.2. The van der Waals surface area contributed by atoms with E-state index in [1.54, 1.807) is 14.2 Å². The second kappa shape index (κ2) is 9.14. The highest BCUT2D eigenvalue weighted by Gasteiger charge is 2.10. The summed E-state index contributed by atoms with van der Waals surface area (Å²) >= 11 is 0. The molecule has 3 rings (SSSR count). The summed E-state index contributed by atoms with van der Waals surface area (Å²) in [5.74, 6) is 2.62. The molecule has 0 radical (unpaired) electrons. The maximum atomic E-state index is 6.30. The molecule has 0 saturated carbocycles. The lowest BCUT2D eigenvalue weighted by Gasteiger charge is -2.14. The van der Waals surface area contributed by atoms with Gasteiger partial charge < -0.3 is 25.8 Å². The van der Waals surface area contributed by atoms with Crippen molar-refractivity contribution in [2.24, 2.45) is 0 Å². The molecule has 0 aliphatic carbocycles. The Hall–Kier alpha value is -3.48. The Morgan fingerprint density at radius 2 is 1.69 bits per heavy atom. The van der Waals surface area contributed by atoms with Crippen LogP contribution in [0.25, 0.3) is 0 Å². The summed E-state index contributed by atoms with van der Waals surface area (Å²) in [6.45, 7) is 4.76. The van der Waals surface area contributed by atoms with E-state index in [-0.39, 0.29) is 0 Å². The van der Waals surface area contributed by atoms with Gasteiger partial charge in [-0.2, -0.15) is 0 Å². The minimum Gasteiger partial charge on any atom is -0.493 e. The Morgan fingerprint density at radius 1 is 0.931 bits per heavy atom. The molecular formula is C22H27N5O2. The van der Waals surface area contributed by atoms with Crippen LogP contribution in [0.3, 0.4) is 0 Å². The van der Waals surface area contributed by atoms with Crippen molar-refractivity contribution < 1.29 is 9.47 Å². The van der Waals surface area contributed by atoms with E-state index in [9.17, 15) is 0 Å². The molecule has 0 atom stereocenters. The van der Waals surface area contributed by atoms with Crippen molar-refractivity contribution in [2.75, 3.05) is 37.1 Å². The number of nitrogens with one attached hydrogen (secondary N) is 2. The van der Waals surface area contributed by atoms with Crippen LogP contribution < -0.4 is 25.8 Å². The first-order valence-corrected chi connectivity index (χ1v) is 9.41. The fourth-order valence-electron chi connectivity index (χ4n) is 3.00. The Labute approximate surface area is 171 Å². The minimum atomic E-state index is 0.487. The average molecular weight is 393 g/mol. The smallest absolute Gasteiger partial charge is 0.160 e. The highest BCUT2D eigenvalue weighted by molar-refractivity contribution is 5.78. The van der Waals surface area contributed by atoms with Crippen LogP contribution in [0, 0.1) is 13.8 Å². The molecule has 1 heterocycles. The molecule has 0 aliphatic heterocycles. The van der Waals surface area contributed by atoms with Gasteiger partial charge >= 0.3 is 0 Å². The van der Waals surface area contributed by atoms with E-state index in [1.165, 1.54) is 11.9 Å². The molecule has 7 nitrogen and oxygen atoms in total. The number of hydrogen-bond acceptors (Lipinski definition) is 7. The number of anilines is 4. The Morgan fingerprint density at radius 3 is 2.45 bits per heavy atom. The van der Waals surface area contributed by atoms with E-state index in [0.717, 1.165) is 23.2 Å². The third kappa shape index (κ3) is 4.87. The fraction of sp³-hybridized carbons (Fsp3) is 0.273. The summed E-state index contributed by atoms with van der Waals surface area (Å²) in [4.78, 5) is 8.58. The van der Waals surface area contributed by atoms with Gasteiger partial charge in [-0.15, -0.1) is 0 Å². The number of aryl methyl sites for hydroxylation is 2. The summed E-state index contributed by atoms with van der Waals surface area (Å²) in [7, 11) is 3.26. The second-order valence-corrected chi connectivity index (χ2v) is 6.79. The van der Waals surface area contributed by atoms with Crippen molar-refractivity contribution in [3.63, 3.8) is 0 Å². The molecule has 0 fully saturated rings. The molecule has 3 aromatic rings. The van der Waals surface area contributed by atoms with E-state index in [4.69, 9.17) is 15.2 Å². The summed E-state index contributed by atoms with van der Waals surface area (Å²) in [5, 5.41) is 6.60. The maximum absolute atomic E-state index is 6.30. The number of ether oxygens (including phenoxy) is 2. The zero-order valence-electron chi connectivity index (χ0n) is 17.2. The van der Waals surface area contributed by atoms with Crippen LogP contribution >= 0.6 is 0 Å². The largest absolute Gasteiger partial charge is 0.493 e. The lowest BCUT2D eigenvalue weighted by molar-refractivity contribution is 0.354. The quantitative estimate of drug-likeness (QED) is 0.530. The number of nitrogens with zero attached hydrogens (tertiary/aromatic N) is 2. The molecule has 7 heteroatoms. The first kappa shape index (κ1) is 20.3. The number of nitrogen functional groups attached to an aromatic ring is 1. The molecule has 29 heavy (non-hydrogen) atoms. The van der Waals surface area contributed by atoms with Crippen molar-refractivity contribution in [2.45, 2.75) is 20.3 Å². The Balaban J connectivity index is 1.68. The van der Waals surface area contributed by atoms with Crippen LogP contribution in [0.4, 0.5) is 23.0 Å². The van der Waals surface area contributed by atoms with Gasteiger partial charge in [0, 0.05) is 12.2 Å². The summed E-state index contributed by atoms with van der Waals surface area (Å²) in [6.07, 6.45) is 2.28. The number of methoxy groups -OCH3 is 2. The van der Waals surface area contributed by atoms with Crippen molar-refractivity contribution in [3.8, 4) is 11.5 Å². The summed E-state index contributed by atoms with van der Waals surface area (Å²) < 4.78 is 10.6. The van der Waals surface area contributed by atoms with E-state index in [2.05, 4.69) is 45.7 Å². The van der Waals surface area contributed by atoms with E-state index >= 15 is 0 Å². The van der Waals surface area contributed by atoms with E-state index < -0.39 is 0 Å². The van der Waals surface area contributed by atoms with Gasteiger partial charge in [0.25, 0.3) is 0 Å². The molecule has 0 aliphatic rings. The number of hydrogen-bond donors (Lipinski definition) is 3. The van der Waals surface area contributed by atoms with Gasteiger partial charge in [0.2, 0.25) is 0 Å². The third-order valence-electron chi connectivity index (χ3n) is 4.68. The lowest BCUT2D eigenvalue weighted by Crippen LogP contribution is -2.11. The number of benzene rings is 2. The molecule has 0 unspecified atom stereocenters. The zero-order chi connectivity index (χ0) is 20.8. The van der Waals surface area contributed by atoms with Crippen LogP contribution in [0.15, 0.2) is 42.7 Å². The lowest BCUT2D eigenvalue weighted by atomic mass is 10.1. The van der Waals surface area contributed by atoms with E-state index in [0.29, 0.717) is 35.4 Å². The topological polar surface area (TPSA) is 94.3 Å². The van der Waals surface area contributed by atoms with Crippen molar-refractivity contribution in [1.82, 2.24) is 9.97 Å². The number of aromatic nitrogens is 2. The van der Waals surface area contributed by atoms with Crippen molar-refractivity contribution >= 4 is 23.0 Å². The van der Waals surface area contributed by atoms with Gasteiger partial charge in [0.15, 0.2) is 23.1 Å². The first-order valence-electron chi connectivity index (χ1n) is 9.41. The number of nitrogens with two attached hydrogens (primary N) is 1. The van der Waals surface area contributed by atoms with Crippen LogP contribution in [0.1, 0.15) is 16.7 Å². The van der Waals surface area contributed by atoms with Crippen LogP contribution in [-0.4, -0.2) is 30.7 Å². The average Bonchev–Trinajstić information content (AvgIpc) is 2.73. The van der Waals surface area contributed by atoms with Crippen molar-refractivity contribution in [3.05, 3.63) is 59.4 Å². The molecule has 4 N–H and O–H groups in total. The van der Waals surface area contributed by atoms with Crippen LogP contribution in [0.2, 0.25) is 0 Å². The molecule has 0 saturated heterocycles. The van der Waals surface area contributed by atoms with Crippen LogP contribution in [0.5, 0.6) is 11.5 Å². The first-order chi connectivity index (χ1) is 14.0. The highest BCUT2D eigenvalue weighted by Crippen LogP contribution is 2.29. The van der Waals surface area contributed by atoms with Gasteiger partial charge in [-0.3, -0.25) is 0 Å². The second-order valence-electron chi connectivity index (χ2n) is 6.79. The molecule has 0 spiro atoms. The fourth-order valence-corrected chi connectivity index (χ4v) is 3.00. The molecule has 152 valence electrons. The molecular weight excluding hydrogens is 366 g/mol. The Kier molecular flexibility index (Phi) is 6.39. The predicted octanol–water partition coefficient (Wildman–Crippen LogP) is 4.09. The Bertz CT molecular complexity index is 991. The maximum Gasteiger partial charge on any atom is 0.160 e. The third-order valence-corrected chi connectivity index (χ3v) is 4.68. The molecule has 1 aromatic heterocycles. The molecule has 0 bridgehead atoms. The predicted molar refractivity (Wildman–Crippen MR) is 117 cm³/mol. The van der Waals surface area contributed by atoms with Gasteiger partial charge in [-0.1, -0.05) is 18.2 Å².